The van der Waals surface area contributed by atoms with E-state index in [9.17, 15) is 4.79 Å². The summed E-state index contributed by atoms with van der Waals surface area (Å²) in [5.41, 5.74) is 4.07. The fourth-order valence-electron chi connectivity index (χ4n) is 3.72. The van der Waals surface area contributed by atoms with E-state index in [4.69, 9.17) is 10.1 Å². The summed E-state index contributed by atoms with van der Waals surface area (Å²) in [6.45, 7) is 12.8. The molecule has 4 heterocycles. The van der Waals surface area contributed by atoms with E-state index in [1.54, 1.807) is 26.2 Å². The van der Waals surface area contributed by atoms with E-state index in [2.05, 4.69) is 24.3 Å². The average Bonchev–Trinajstić information content (AvgIpc) is 3.37. The average molecular weight is 423 g/mol. The molecule has 0 saturated heterocycles. The molecule has 4 rings (SSSR count). The third kappa shape index (κ3) is 3.75. The SMILES string of the molecule is Cc1nn(C(C)C)c2c(NCc3cnn(C)c3)cc(-n3ccn(C(C)(C)C)c3=O)nc12. The zero-order chi connectivity index (χ0) is 22.5. The van der Waals surface area contributed by atoms with E-state index in [-0.39, 0.29) is 17.3 Å². The lowest BCUT2D eigenvalue weighted by Crippen LogP contribution is -2.34. The van der Waals surface area contributed by atoms with Crippen molar-refractivity contribution in [3.8, 4) is 5.82 Å². The first-order valence-electron chi connectivity index (χ1n) is 10.5. The molecule has 164 valence electrons. The lowest BCUT2D eigenvalue weighted by Gasteiger charge is -2.19. The summed E-state index contributed by atoms with van der Waals surface area (Å²) in [6, 6.07) is 2.10. The molecule has 0 atom stereocenters. The maximum absolute atomic E-state index is 13.1. The second-order valence-corrected chi connectivity index (χ2v) is 9.22. The lowest BCUT2D eigenvalue weighted by atomic mass is 10.1. The van der Waals surface area contributed by atoms with E-state index in [1.165, 1.54) is 0 Å². The number of nitrogens with zero attached hydrogens (tertiary/aromatic N) is 7. The van der Waals surface area contributed by atoms with Crippen LogP contribution in [0.5, 0.6) is 0 Å². The van der Waals surface area contributed by atoms with Gasteiger partial charge in [-0.3, -0.25) is 18.5 Å². The van der Waals surface area contributed by atoms with Crippen LogP contribution in [0.25, 0.3) is 16.9 Å². The summed E-state index contributed by atoms with van der Waals surface area (Å²) in [6.07, 6.45) is 7.40. The van der Waals surface area contributed by atoms with Gasteiger partial charge in [0.05, 0.1) is 17.6 Å². The predicted molar refractivity (Wildman–Crippen MR) is 122 cm³/mol. The Labute approximate surface area is 181 Å². The van der Waals surface area contributed by atoms with Gasteiger partial charge in [-0.05, 0) is 41.5 Å². The Kier molecular flexibility index (Phi) is 4.99. The van der Waals surface area contributed by atoms with Crippen molar-refractivity contribution < 1.29 is 0 Å². The van der Waals surface area contributed by atoms with E-state index in [0.29, 0.717) is 12.4 Å². The highest BCUT2D eigenvalue weighted by Crippen LogP contribution is 2.29. The first-order valence-corrected chi connectivity index (χ1v) is 10.5. The van der Waals surface area contributed by atoms with Gasteiger partial charge in [-0.1, -0.05) is 0 Å². The smallest absolute Gasteiger partial charge is 0.334 e. The molecule has 1 N–H and O–H groups in total. The van der Waals surface area contributed by atoms with Gasteiger partial charge < -0.3 is 5.32 Å². The van der Waals surface area contributed by atoms with Crippen molar-refractivity contribution in [1.29, 1.82) is 0 Å². The fraction of sp³-hybridized carbons (Fsp3) is 0.455. The van der Waals surface area contributed by atoms with Crippen molar-refractivity contribution >= 4 is 16.7 Å². The minimum atomic E-state index is -0.313. The fourth-order valence-corrected chi connectivity index (χ4v) is 3.72. The largest absolute Gasteiger partial charge is 0.379 e. The molecule has 0 aliphatic heterocycles. The standard InChI is InChI=1S/C22H30N8O/c1-14(2)30-20-17(23-11-16-12-24-27(7)13-16)10-18(25-19(20)15(3)26-30)28-8-9-29(21(28)31)22(4,5)6/h8-10,12-14H,11H2,1-7H3,(H,23,25). The number of aryl methyl sites for hydroxylation is 2. The summed E-state index contributed by atoms with van der Waals surface area (Å²) in [5, 5.41) is 12.5. The molecule has 9 nitrogen and oxygen atoms in total. The number of hydrogen-bond donors (Lipinski definition) is 1. The molecule has 0 spiro atoms. The molecular weight excluding hydrogens is 392 g/mol. The molecule has 31 heavy (non-hydrogen) atoms. The zero-order valence-electron chi connectivity index (χ0n) is 19.2. The zero-order valence-corrected chi connectivity index (χ0v) is 19.2. The Hall–Kier alpha value is -3.36. The van der Waals surface area contributed by atoms with Gasteiger partial charge in [0.1, 0.15) is 16.9 Å². The molecule has 9 heteroatoms. The van der Waals surface area contributed by atoms with Crippen LogP contribution in [0.15, 0.2) is 35.6 Å². The van der Waals surface area contributed by atoms with Crippen molar-refractivity contribution in [2.45, 2.75) is 59.7 Å². The molecule has 0 bridgehead atoms. The van der Waals surface area contributed by atoms with E-state index in [1.807, 2.05) is 57.9 Å². The summed E-state index contributed by atoms with van der Waals surface area (Å²) in [7, 11) is 1.90. The summed E-state index contributed by atoms with van der Waals surface area (Å²) < 4.78 is 7.07. The van der Waals surface area contributed by atoms with Crippen molar-refractivity contribution in [3.05, 3.63) is 52.6 Å². The number of aromatic nitrogens is 7. The summed E-state index contributed by atoms with van der Waals surface area (Å²) >= 11 is 0. The minimum Gasteiger partial charge on any atom is -0.379 e. The second-order valence-electron chi connectivity index (χ2n) is 9.22. The van der Waals surface area contributed by atoms with Gasteiger partial charge in [0.2, 0.25) is 0 Å². The van der Waals surface area contributed by atoms with Gasteiger partial charge >= 0.3 is 5.69 Å². The normalized spacial score (nSPS) is 12.3. The monoisotopic (exact) mass is 422 g/mol. The van der Waals surface area contributed by atoms with Crippen LogP contribution in [0.1, 0.15) is 51.9 Å². The van der Waals surface area contributed by atoms with Crippen LogP contribution in [0.3, 0.4) is 0 Å². The molecule has 0 radical (unpaired) electrons. The Morgan fingerprint density at radius 2 is 1.94 bits per heavy atom. The van der Waals surface area contributed by atoms with Crippen LogP contribution < -0.4 is 11.0 Å². The Morgan fingerprint density at radius 3 is 2.52 bits per heavy atom. The highest BCUT2D eigenvalue weighted by molar-refractivity contribution is 5.91. The third-order valence-corrected chi connectivity index (χ3v) is 5.29. The van der Waals surface area contributed by atoms with Gasteiger partial charge in [-0.25, -0.2) is 9.78 Å². The molecule has 0 aromatic carbocycles. The summed E-state index contributed by atoms with van der Waals surface area (Å²) in [5.74, 6) is 0.570. The molecule has 4 aromatic heterocycles. The van der Waals surface area contributed by atoms with Crippen LogP contribution in [0, 0.1) is 6.92 Å². The third-order valence-electron chi connectivity index (χ3n) is 5.29. The second kappa shape index (κ2) is 7.40. The number of imidazole rings is 1. The van der Waals surface area contributed by atoms with Gasteiger partial charge in [-0.15, -0.1) is 0 Å². The van der Waals surface area contributed by atoms with E-state index < -0.39 is 0 Å². The topological polar surface area (TPSA) is 87.5 Å². The van der Waals surface area contributed by atoms with Gasteiger partial charge in [0, 0.05) is 55.4 Å². The first-order chi connectivity index (χ1) is 14.6. The maximum atomic E-state index is 13.1. The molecule has 0 amide bonds. The quantitative estimate of drug-likeness (QED) is 0.533. The lowest BCUT2D eigenvalue weighted by molar-refractivity contribution is 0.383. The van der Waals surface area contributed by atoms with Crippen LogP contribution in [-0.2, 0) is 19.1 Å². The molecule has 0 aliphatic carbocycles. The van der Waals surface area contributed by atoms with Crippen molar-refractivity contribution in [3.63, 3.8) is 0 Å². The van der Waals surface area contributed by atoms with E-state index >= 15 is 0 Å². The summed E-state index contributed by atoms with van der Waals surface area (Å²) in [4.78, 5) is 17.9. The maximum Gasteiger partial charge on any atom is 0.334 e. The number of nitrogens with one attached hydrogen (secondary N) is 1. The number of pyridine rings is 1. The molecule has 0 aliphatic rings. The first kappa shape index (κ1) is 20.9. The van der Waals surface area contributed by atoms with Crippen molar-refractivity contribution in [1.82, 2.24) is 33.7 Å². The molecule has 0 saturated carbocycles. The predicted octanol–water partition coefficient (Wildman–Crippen LogP) is 3.37. The highest BCUT2D eigenvalue weighted by Gasteiger charge is 2.21. The molecular formula is C22H30N8O. The number of anilines is 1. The Bertz CT molecular complexity index is 1300. The van der Waals surface area contributed by atoms with Crippen LogP contribution in [0.2, 0.25) is 0 Å². The van der Waals surface area contributed by atoms with E-state index in [0.717, 1.165) is 28.0 Å². The minimum absolute atomic E-state index is 0.119. The van der Waals surface area contributed by atoms with Gasteiger partial charge in [0.25, 0.3) is 0 Å². The van der Waals surface area contributed by atoms with Crippen LogP contribution in [0.4, 0.5) is 5.69 Å². The van der Waals surface area contributed by atoms with Crippen molar-refractivity contribution in [2.75, 3.05) is 5.32 Å². The highest BCUT2D eigenvalue weighted by atomic mass is 16.1. The number of fused-ring (bicyclic) bond motifs is 1. The van der Waals surface area contributed by atoms with Crippen molar-refractivity contribution in [2.24, 2.45) is 7.05 Å². The van der Waals surface area contributed by atoms with Crippen LogP contribution in [-0.4, -0.2) is 33.7 Å². The van der Waals surface area contributed by atoms with Gasteiger partial charge in [-0.2, -0.15) is 10.2 Å². The molecule has 0 unspecified atom stereocenters. The Morgan fingerprint density at radius 1 is 1.19 bits per heavy atom. The number of hydrogen-bond acceptors (Lipinski definition) is 5. The Balaban J connectivity index is 1.87. The number of rotatable bonds is 5. The van der Waals surface area contributed by atoms with Crippen LogP contribution >= 0.6 is 0 Å². The molecule has 4 aromatic rings. The molecule has 0 fully saturated rings. The van der Waals surface area contributed by atoms with Gasteiger partial charge in [0.15, 0.2) is 0 Å².